The molecule has 1 rings (SSSR count). The first-order valence-electron chi connectivity index (χ1n) is 2.40. The van der Waals surface area contributed by atoms with Crippen molar-refractivity contribution in [3.8, 4) is 0 Å². The third-order valence-electron chi connectivity index (χ3n) is 0.944. The molecule has 0 aliphatic carbocycles. The van der Waals surface area contributed by atoms with Crippen LogP contribution in [0.5, 0.6) is 0 Å². The van der Waals surface area contributed by atoms with Crippen LogP contribution in [0.2, 0.25) is 5.02 Å². The summed E-state index contributed by atoms with van der Waals surface area (Å²) in [7, 11) is 2.60. The zero-order valence-corrected chi connectivity index (χ0v) is 8.06. The Bertz CT molecular complexity index is 224. The highest BCUT2D eigenvalue weighted by Gasteiger charge is 1.93. The van der Waals surface area contributed by atoms with E-state index in [1.54, 1.807) is 0 Å². The molecular weight excluding hydrogens is 218 g/mol. The van der Waals surface area contributed by atoms with Gasteiger partial charge in [0.05, 0.1) is 5.02 Å². The van der Waals surface area contributed by atoms with Gasteiger partial charge in [0.1, 0.15) is 0 Å². The lowest BCUT2D eigenvalue weighted by atomic mass is 10.4. The van der Waals surface area contributed by atoms with E-state index >= 15 is 0 Å². The molecule has 0 amide bonds. The molecule has 1 atom stereocenters. The fourth-order valence-electron chi connectivity index (χ4n) is 0.512. The summed E-state index contributed by atoms with van der Waals surface area (Å²) in [4.78, 5) is 0. The van der Waals surface area contributed by atoms with Gasteiger partial charge in [0.2, 0.25) is 0 Å². The highest BCUT2D eigenvalue weighted by Crippen LogP contribution is 2.20. The van der Waals surface area contributed by atoms with Gasteiger partial charge in [-0.1, -0.05) is 17.7 Å². The molecule has 0 fully saturated rings. The van der Waals surface area contributed by atoms with Gasteiger partial charge in [0.15, 0.2) is 0 Å². The largest absolute Gasteiger partial charge is 0.106 e. The van der Waals surface area contributed by atoms with Crippen molar-refractivity contribution in [1.82, 2.24) is 0 Å². The van der Waals surface area contributed by atoms with Crippen molar-refractivity contribution >= 4 is 42.1 Å². The van der Waals surface area contributed by atoms with E-state index in [0.29, 0.717) is 0 Å². The van der Waals surface area contributed by atoms with Crippen LogP contribution in [0.4, 0.5) is 0 Å². The molecule has 0 N–H and O–H groups in total. The van der Waals surface area contributed by atoms with Crippen LogP contribution in [0.25, 0.3) is 0 Å². The number of halogens is 2. The third-order valence-corrected chi connectivity index (χ3v) is 2.52. The van der Waals surface area contributed by atoms with Crippen molar-refractivity contribution < 1.29 is 0 Å². The SMILES string of the molecule is Pc1ccc(Cl)c(Br)c1. The van der Waals surface area contributed by atoms with Crippen LogP contribution in [0.15, 0.2) is 22.7 Å². The molecule has 3 heteroatoms. The molecule has 1 aromatic carbocycles. The molecule has 0 aliphatic rings. The molecule has 0 nitrogen and oxygen atoms in total. The summed E-state index contributed by atoms with van der Waals surface area (Å²) in [6.45, 7) is 0. The Morgan fingerprint density at radius 3 is 2.56 bits per heavy atom. The number of hydrogen-bond donors (Lipinski definition) is 0. The quantitative estimate of drug-likeness (QED) is 0.593. The molecule has 0 aliphatic heterocycles. The van der Waals surface area contributed by atoms with E-state index in [1.165, 1.54) is 0 Å². The van der Waals surface area contributed by atoms with Crippen LogP contribution in [0.3, 0.4) is 0 Å². The second kappa shape index (κ2) is 3.01. The summed E-state index contributed by atoms with van der Waals surface area (Å²) in [5.41, 5.74) is 0. The fourth-order valence-corrected chi connectivity index (χ4v) is 1.53. The molecule has 0 bridgehead atoms. The summed E-state index contributed by atoms with van der Waals surface area (Å²) >= 11 is 9.03. The molecule has 0 spiro atoms. The van der Waals surface area contributed by atoms with Gasteiger partial charge in [-0.05, 0) is 33.4 Å². The lowest BCUT2D eigenvalue weighted by Gasteiger charge is -1.94. The highest BCUT2D eigenvalue weighted by atomic mass is 79.9. The molecule has 0 saturated carbocycles. The minimum Gasteiger partial charge on any atom is -0.106 e. The summed E-state index contributed by atoms with van der Waals surface area (Å²) in [5, 5.41) is 1.88. The maximum absolute atomic E-state index is 5.72. The summed E-state index contributed by atoms with van der Waals surface area (Å²) in [6, 6.07) is 5.75. The minimum absolute atomic E-state index is 0.751. The van der Waals surface area contributed by atoms with Crippen LogP contribution in [-0.4, -0.2) is 0 Å². The first-order valence-corrected chi connectivity index (χ1v) is 4.15. The van der Waals surface area contributed by atoms with Crippen LogP contribution >= 0.6 is 36.8 Å². The Morgan fingerprint density at radius 1 is 1.44 bits per heavy atom. The Hall–Kier alpha value is 0.420. The van der Waals surface area contributed by atoms with E-state index in [1.807, 2.05) is 18.2 Å². The predicted octanol–water partition coefficient (Wildman–Crippen LogP) is 2.60. The molecule has 1 aromatic rings. The van der Waals surface area contributed by atoms with Crippen LogP contribution in [-0.2, 0) is 0 Å². The normalized spacial score (nSPS) is 9.67. The van der Waals surface area contributed by atoms with Crippen molar-refractivity contribution in [2.45, 2.75) is 0 Å². The van der Waals surface area contributed by atoms with Gasteiger partial charge >= 0.3 is 0 Å². The molecule has 0 radical (unpaired) electrons. The van der Waals surface area contributed by atoms with Crippen molar-refractivity contribution in [2.75, 3.05) is 0 Å². The zero-order valence-electron chi connectivity index (χ0n) is 4.57. The standard InChI is InChI=1S/C6H5BrClP/c7-5-3-4(9)1-2-6(5)8/h1-3H,9H2. The van der Waals surface area contributed by atoms with E-state index in [4.69, 9.17) is 11.6 Å². The number of benzene rings is 1. The van der Waals surface area contributed by atoms with E-state index in [2.05, 4.69) is 25.2 Å². The molecule has 48 valence electrons. The van der Waals surface area contributed by atoms with E-state index in [-0.39, 0.29) is 0 Å². The van der Waals surface area contributed by atoms with Gasteiger partial charge in [-0.25, -0.2) is 0 Å². The van der Waals surface area contributed by atoms with E-state index < -0.39 is 0 Å². The van der Waals surface area contributed by atoms with Gasteiger partial charge in [0.25, 0.3) is 0 Å². The topological polar surface area (TPSA) is 0 Å². The van der Waals surface area contributed by atoms with Crippen molar-refractivity contribution in [1.29, 1.82) is 0 Å². The summed E-state index contributed by atoms with van der Waals surface area (Å²) in [5.74, 6) is 0. The average Bonchev–Trinajstić information content (AvgIpc) is 1.80. The Morgan fingerprint density at radius 2 is 2.11 bits per heavy atom. The van der Waals surface area contributed by atoms with E-state index in [9.17, 15) is 0 Å². The third kappa shape index (κ3) is 1.93. The van der Waals surface area contributed by atoms with Gasteiger partial charge in [-0.15, -0.1) is 9.24 Å². The Balaban J connectivity index is 3.17. The van der Waals surface area contributed by atoms with Gasteiger partial charge in [0, 0.05) is 4.47 Å². The van der Waals surface area contributed by atoms with Gasteiger partial charge in [-0.3, -0.25) is 0 Å². The maximum Gasteiger partial charge on any atom is 0.0548 e. The number of hydrogen-bond acceptors (Lipinski definition) is 0. The lowest BCUT2D eigenvalue weighted by Crippen LogP contribution is -1.86. The smallest absolute Gasteiger partial charge is 0.0548 e. The molecule has 0 heterocycles. The zero-order chi connectivity index (χ0) is 6.85. The Kier molecular flexibility index (Phi) is 2.51. The molecule has 0 aromatic heterocycles. The molecule has 1 unspecified atom stereocenters. The second-order valence-electron chi connectivity index (χ2n) is 1.67. The molecule has 0 saturated heterocycles. The monoisotopic (exact) mass is 222 g/mol. The molecule has 9 heavy (non-hydrogen) atoms. The predicted molar refractivity (Wildman–Crippen MR) is 48.5 cm³/mol. The van der Waals surface area contributed by atoms with Crippen LogP contribution in [0.1, 0.15) is 0 Å². The number of rotatable bonds is 0. The first kappa shape index (κ1) is 7.53. The van der Waals surface area contributed by atoms with E-state index in [0.717, 1.165) is 14.8 Å². The Labute approximate surface area is 69.9 Å². The first-order chi connectivity index (χ1) is 4.20. The minimum atomic E-state index is 0.751. The fraction of sp³-hybridized carbons (Fsp3) is 0. The van der Waals surface area contributed by atoms with Crippen molar-refractivity contribution in [2.24, 2.45) is 0 Å². The average molecular weight is 223 g/mol. The molecular formula is C6H5BrClP. The van der Waals surface area contributed by atoms with Gasteiger partial charge in [-0.2, -0.15) is 0 Å². The van der Waals surface area contributed by atoms with Gasteiger partial charge < -0.3 is 0 Å². The maximum atomic E-state index is 5.72. The summed E-state index contributed by atoms with van der Waals surface area (Å²) < 4.78 is 0.941. The van der Waals surface area contributed by atoms with Crippen LogP contribution < -0.4 is 5.30 Å². The summed E-state index contributed by atoms with van der Waals surface area (Å²) in [6.07, 6.45) is 0. The lowest BCUT2D eigenvalue weighted by molar-refractivity contribution is 1.70. The second-order valence-corrected chi connectivity index (χ2v) is 3.60. The van der Waals surface area contributed by atoms with Crippen molar-refractivity contribution in [3.63, 3.8) is 0 Å². The van der Waals surface area contributed by atoms with Crippen molar-refractivity contribution in [3.05, 3.63) is 27.7 Å². The highest BCUT2D eigenvalue weighted by molar-refractivity contribution is 9.10. The van der Waals surface area contributed by atoms with Crippen LogP contribution in [0, 0.1) is 0 Å².